The highest BCUT2D eigenvalue weighted by Crippen LogP contribution is 2.26. The molecule has 198 valence electrons. The fourth-order valence-electron chi connectivity index (χ4n) is 4.32. The molecule has 0 N–H and O–H groups in total. The van der Waals surface area contributed by atoms with Crippen LogP contribution in [0.5, 0.6) is 5.75 Å². The summed E-state index contributed by atoms with van der Waals surface area (Å²) in [7, 11) is 0. The van der Waals surface area contributed by atoms with Crippen molar-refractivity contribution in [3.8, 4) is 11.4 Å². The Balaban J connectivity index is 1.51. The Bertz CT molecular complexity index is 1460. The van der Waals surface area contributed by atoms with Crippen LogP contribution in [0.15, 0.2) is 60.7 Å². The molecule has 0 bridgehead atoms. The summed E-state index contributed by atoms with van der Waals surface area (Å²) < 4.78 is 38.2. The Labute approximate surface area is 223 Å². The number of ether oxygens (including phenoxy) is 2. The molecule has 7 nitrogen and oxygen atoms in total. The quantitative estimate of drug-likeness (QED) is 0.183. The highest BCUT2D eigenvalue weighted by Gasteiger charge is 2.28. The Hall–Kier alpha value is -3.98. The highest BCUT2D eigenvalue weighted by atomic mass is 35.5. The average Bonchev–Trinajstić information content (AvgIpc) is 3.32. The van der Waals surface area contributed by atoms with E-state index in [2.05, 4.69) is 9.84 Å². The van der Waals surface area contributed by atoms with Gasteiger partial charge >= 0.3 is 12.6 Å². The van der Waals surface area contributed by atoms with Crippen LogP contribution in [-0.4, -0.2) is 38.8 Å². The number of rotatable bonds is 9. The number of benzene rings is 2. The second-order valence-corrected chi connectivity index (χ2v) is 9.16. The molecule has 0 aliphatic rings. The maximum atomic E-state index is 13.3. The van der Waals surface area contributed by atoms with Crippen molar-refractivity contribution < 1.29 is 27.8 Å². The molecule has 38 heavy (non-hydrogen) atoms. The van der Waals surface area contributed by atoms with Crippen molar-refractivity contribution in [2.45, 2.75) is 47.0 Å². The van der Waals surface area contributed by atoms with E-state index in [9.17, 15) is 18.4 Å². The van der Waals surface area contributed by atoms with Crippen LogP contribution < -0.4 is 4.74 Å². The Morgan fingerprint density at radius 3 is 2.32 bits per heavy atom. The van der Waals surface area contributed by atoms with Gasteiger partial charge < -0.3 is 14.0 Å². The number of aryl methyl sites for hydroxylation is 2. The average molecular weight is 542 g/mol. The topological polar surface area (TPSA) is 75.4 Å². The van der Waals surface area contributed by atoms with Crippen molar-refractivity contribution in [3.05, 3.63) is 99.6 Å². The maximum Gasteiger partial charge on any atom is 0.387 e. The predicted molar refractivity (Wildman–Crippen MR) is 139 cm³/mol. The SMILES string of the molecule is Cc1nn(Cc2ccccc2)c(Cl)c1C(=O)OC(C)C(=O)c1cc(C)n(-c2ccc(OC(F)F)cc2)c1C. The first-order valence-electron chi connectivity index (χ1n) is 11.8. The first-order valence-corrected chi connectivity index (χ1v) is 12.2. The van der Waals surface area contributed by atoms with E-state index in [1.807, 2.05) is 41.8 Å². The molecule has 0 saturated carbocycles. The number of aromatic nitrogens is 3. The van der Waals surface area contributed by atoms with Crippen LogP contribution in [0.2, 0.25) is 5.15 Å². The number of ketones is 1. The normalized spacial score (nSPS) is 12.0. The number of carbonyl (C=O) groups excluding carboxylic acids is 2. The molecule has 4 rings (SSSR count). The molecule has 10 heteroatoms. The number of hydrogen-bond donors (Lipinski definition) is 0. The number of hydrogen-bond acceptors (Lipinski definition) is 5. The van der Waals surface area contributed by atoms with Gasteiger partial charge in [-0.3, -0.25) is 4.79 Å². The van der Waals surface area contributed by atoms with E-state index in [0.717, 1.165) is 11.3 Å². The minimum absolute atomic E-state index is 0.0316. The Morgan fingerprint density at radius 2 is 1.68 bits per heavy atom. The Kier molecular flexibility index (Phi) is 7.97. The first-order chi connectivity index (χ1) is 18.1. The number of esters is 1. The third-order valence-electron chi connectivity index (χ3n) is 6.11. The van der Waals surface area contributed by atoms with Gasteiger partial charge in [0, 0.05) is 22.6 Å². The van der Waals surface area contributed by atoms with Gasteiger partial charge in [0.25, 0.3) is 0 Å². The molecule has 0 fully saturated rings. The second-order valence-electron chi connectivity index (χ2n) is 8.80. The summed E-state index contributed by atoms with van der Waals surface area (Å²) in [4.78, 5) is 26.3. The monoisotopic (exact) mass is 541 g/mol. The number of alkyl halides is 2. The fourth-order valence-corrected chi connectivity index (χ4v) is 4.64. The third-order valence-corrected chi connectivity index (χ3v) is 6.50. The zero-order chi connectivity index (χ0) is 27.6. The molecule has 2 aromatic heterocycles. The lowest BCUT2D eigenvalue weighted by atomic mass is 10.1. The summed E-state index contributed by atoms with van der Waals surface area (Å²) in [5.74, 6) is -1.10. The minimum Gasteiger partial charge on any atom is -0.451 e. The van der Waals surface area contributed by atoms with Crippen LogP contribution in [-0.2, 0) is 11.3 Å². The van der Waals surface area contributed by atoms with Crippen LogP contribution in [0.4, 0.5) is 8.78 Å². The lowest BCUT2D eigenvalue weighted by Gasteiger charge is -2.14. The smallest absolute Gasteiger partial charge is 0.387 e. The largest absolute Gasteiger partial charge is 0.451 e. The number of halogens is 3. The predicted octanol–water partition coefficient (Wildman–Crippen LogP) is 6.33. The van der Waals surface area contributed by atoms with E-state index < -0.39 is 18.7 Å². The molecule has 2 heterocycles. The minimum atomic E-state index is -2.92. The van der Waals surface area contributed by atoms with Crippen LogP contribution in [0, 0.1) is 20.8 Å². The molecule has 0 spiro atoms. The van der Waals surface area contributed by atoms with Gasteiger partial charge in [-0.25, -0.2) is 9.48 Å². The van der Waals surface area contributed by atoms with Crippen LogP contribution in [0.3, 0.4) is 0 Å². The molecule has 0 aliphatic carbocycles. The molecule has 0 amide bonds. The molecular weight excluding hydrogens is 516 g/mol. The lowest BCUT2D eigenvalue weighted by Crippen LogP contribution is -2.25. The summed E-state index contributed by atoms with van der Waals surface area (Å²) >= 11 is 6.47. The van der Waals surface area contributed by atoms with Crippen molar-refractivity contribution in [2.24, 2.45) is 0 Å². The number of carbonyl (C=O) groups is 2. The Morgan fingerprint density at radius 1 is 1.03 bits per heavy atom. The molecule has 1 atom stereocenters. The van der Waals surface area contributed by atoms with E-state index in [0.29, 0.717) is 29.2 Å². The molecular formula is C28H26ClF2N3O4. The fraction of sp³-hybridized carbons (Fsp3) is 0.250. The van der Waals surface area contributed by atoms with Crippen molar-refractivity contribution in [1.82, 2.24) is 14.3 Å². The van der Waals surface area contributed by atoms with E-state index in [4.69, 9.17) is 16.3 Å². The zero-order valence-electron chi connectivity index (χ0n) is 21.2. The van der Waals surface area contributed by atoms with Crippen molar-refractivity contribution in [3.63, 3.8) is 0 Å². The molecule has 2 aromatic carbocycles. The van der Waals surface area contributed by atoms with Gasteiger partial charge in [0.15, 0.2) is 6.10 Å². The number of Topliss-reactive ketones (excluding diaryl/α,β-unsaturated/α-hetero) is 1. The standard InChI is InChI=1S/C28H26ClF2N3O4/c1-16-14-23(18(3)34(16)21-10-12-22(13-11-21)38-28(30)31)25(35)19(4)37-27(36)24-17(2)32-33(26(24)29)15-20-8-6-5-7-9-20/h5-14,19,28H,15H2,1-4H3. The van der Waals surface area contributed by atoms with Gasteiger partial charge in [0.2, 0.25) is 5.78 Å². The highest BCUT2D eigenvalue weighted by molar-refractivity contribution is 6.32. The second kappa shape index (κ2) is 11.2. The zero-order valence-corrected chi connectivity index (χ0v) is 22.0. The lowest BCUT2D eigenvalue weighted by molar-refractivity contribution is -0.0498. The van der Waals surface area contributed by atoms with Gasteiger partial charge in [0.1, 0.15) is 16.5 Å². The van der Waals surface area contributed by atoms with Crippen LogP contribution in [0.25, 0.3) is 5.69 Å². The first kappa shape index (κ1) is 27.1. The van der Waals surface area contributed by atoms with Gasteiger partial charge in [-0.15, -0.1) is 0 Å². The van der Waals surface area contributed by atoms with E-state index >= 15 is 0 Å². The van der Waals surface area contributed by atoms with E-state index in [-0.39, 0.29) is 22.2 Å². The number of nitrogens with zero attached hydrogens (tertiary/aromatic N) is 3. The maximum absolute atomic E-state index is 13.3. The van der Waals surface area contributed by atoms with Gasteiger partial charge in [-0.1, -0.05) is 41.9 Å². The van der Waals surface area contributed by atoms with Crippen molar-refractivity contribution >= 4 is 23.4 Å². The van der Waals surface area contributed by atoms with Crippen LogP contribution in [0.1, 0.15) is 50.3 Å². The van der Waals surface area contributed by atoms with E-state index in [1.165, 1.54) is 23.7 Å². The van der Waals surface area contributed by atoms with Gasteiger partial charge in [0.05, 0.1) is 12.2 Å². The molecule has 1 unspecified atom stereocenters. The summed E-state index contributed by atoms with van der Waals surface area (Å²) in [5.41, 5.74) is 3.87. The van der Waals surface area contributed by atoms with Crippen molar-refractivity contribution in [2.75, 3.05) is 0 Å². The summed E-state index contributed by atoms with van der Waals surface area (Å²) in [6.07, 6.45) is -1.09. The van der Waals surface area contributed by atoms with Crippen molar-refractivity contribution in [1.29, 1.82) is 0 Å². The van der Waals surface area contributed by atoms with Crippen LogP contribution >= 0.6 is 11.6 Å². The third kappa shape index (κ3) is 5.62. The van der Waals surface area contributed by atoms with Gasteiger partial charge in [-0.05, 0) is 63.6 Å². The molecule has 0 radical (unpaired) electrons. The van der Waals surface area contributed by atoms with E-state index in [1.54, 1.807) is 32.0 Å². The molecule has 4 aromatic rings. The molecule has 0 saturated heterocycles. The van der Waals surface area contributed by atoms with Gasteiger partial charge in [-0.2, -0.15) is 13.9 Å². The molecule has 0 aliphatic heterocycles. The summed E-state index contributed by atoms with van der Waals surface area (Å²) in [5, 5.41) is 4.50. The summed E-state index contributed by atoms with van der Waals surface area (Å²) in [6.45, 7) is 4.19. The summed E-state index contributed by atoms with van der Waals surface area (Å²) in [6, 6.07) is 17.3.